The van der Waals surface area contributed by atoms with E-state index in [2.05, 4.69) is 32.3 Å². The first-order valence-electron chi connectivity index (χ1n) is 5.92. The maximum atomic E-state index is 3.77. The fourth-order valence-electron chi connectivity index (χ4n) is 2.07. The minimum Gasteiger partial charge on any atom is -0.311 e. The standard InChI is InChI=1S/C12H25NS/c1-9(2)10(3)13-11-6-5-7-12(8-11)14-4/h9-13H,5-8H2,1-4H3. The Kier molecular flexibility index (Phi) is 5.32. The molecule has 1 N–H and O–H groups in total. The van der Waals surface area contributed by atoms with E-state index in [-0.39, 0.29) is 0 Å². The first kappa shape index (κ1) is 12.4. The highest BCUT2D eigenvalue weighted by Gasteiger charge is 2.22. The molecule has 0 aromatic carbocycles. The second kappa shape index (κ2) is 6.02. The van der Waals surface area contributed by atoms with Crippen LogP contribution in [-0.4, -0.2) is 23.6 Å². The normalized spacial score (nSPS) is 30.6. The number of nitrogens with one attached hydrogen (secondary N) is 1. The lowest BCUT2D eigenvalue weighted by atomic mass is 9.93. The molecule has 1 aliphatic carbocycles. The lowest BCUT2D eigenvalue weighted by Gasteiger charge is -2.32. The molecule has 84 valence electrons. The monoisotopic (exact) mass is 215 g/mol. The molecule has 0 heterocycles. The van der Waals surface area contributed by atoms with Crippen LogP contribution in [-0.2, 0) is 0 Å². The topological polar surface area (TPSA) is 12.0 Å². The summed E-state index contributed by atoms with van der Waals surface area (Å²) in [6.07, 6.45) is 7.84. The van der Waals surface area contributed by atoms with Crippen LogP contribution in [0, 0.1) is 5.92 Å². The second-order valence-corrected chi connectivity index (χ2v) is 6.06. The Labute approximate surface area is 93.4 Å². The first-order valence-corrected chi connectivity index (χ1v) is 7.21. The van der Waals surface area contributed by atoms with E-state index < -0.39 is 0 Å². The van der Waals surface area contributed by atoms with Gasteiger partial charge in [-0.25, -0.2) is 0 Å². The molecule has 0 aromatic rings. The van der Waals surface area contributed by atoms with Crippen LogP contribution in [0.25, 0.3) is 0 Å². The molecule has 14 heavy (non-hydrogen) atoms. The Bertz CT molecular complexity index is 158. The molecule has 3 atom stereocenters. The highest BCUT2D eigenvalue weighted by Crippen LogP contribution is 2.27. The third-order valence-electron chi connectivity index (χ3n) is 3.46. The third-order valence-corrected chi connectivity index (χ3v) is 4.55. The summed E-state index contributed by atoms with van der Waals surface area (Å²) < 4.78 is 0. The summed E-state index contributed by atoms with van der Waals surface area (Å²) in [5.74, 6) is 0.754. The van der Waals surface area contributed by atoms with Crippen molar-refractivity contribution in [1.82, 2.24) is 5.32 Å². The maximum Gasteiger partial charge on any atom is 0.00801 e. The van der Waals surface area contributed by atoms with E-state index in [9.17, 15) is 0 Å². The Morgan fingerprint density at radius 1 is 1.21 bits per heavy atom. The molecule has 1 fully saturated rings. The zero-order valence-corrected chi connectivity index (χ0v) is 10.9. The van der Waals surface area contributed by atoms with Gasteiger partial charge in [0.2, 0.25) is 0 Å². The van der Waals surface area contributed by atoms with Gasteiger partial charge in [-0.2, -0.15) is 11.8 Å². The van der Waals surface area contributed by atoms with Crippen molar-refractivity contribution in [3.05, 3.63) is 0 Å². The molecule has 0 aliphatic heterocycles. The highest BCUT2D eigenvalue weighted by molar-refractivity contribution is 7.99. The van der Waals surface area contributed by atoms with Gasteiger partial charge >= 0.3 is 0 Å². The molecule has 1 aliphatic rings. The minimum atomic E-state index is 0.667. The summed E-state index contributed by atoms with van der Waals surface area (Å²) in [6, 6.07) is 1.44. The van der Waals surface area contributed by atoms with Crippen LogP contribution < -0.4 is 5.32 Å². The van der Waals surface area contributed by atoms with Gasteiger partial charge in [0.25, 0.3) is 0 Å². The molecular formula is C12H25NS. The van der Waals surface area contributed by atoms with Crippen molar-refractivity contribution < 1.29 is 0 Å². The van der Waals surface area contributed by atoms with Gasteiger partial charge in [-0.15, -0.1) is 0 Å². The van der Waals surface area contributed by atoms with Crippen molar-refractivity contribution in [2.45, 2.75) is 63.8 Å². The summed E-state index contributed by atoms with van der Waals surface area (Å²) in [5.41, 5.74) is 0. The van der Waals surface area contributed by atoms with Crippen molar-refractivity contribution in [1.29, 1.82) is 0 Å². The number of hydrogen-bond acceptors (Lipinski definition) is 2. The SMILES string of the molecule is CSC1CCCC(NC(C)C(C)C)C1. The van der Waals surface area contributed by atoms with Crippen molar-refractivity contribution in [2.75, 3.05) is 6.26 Å². The largest absolute Gasteiger partial charge is 0.311 e. The number of hydrogen-bond donors (Lipinski definition) is 1. The lowest BCUT2D eigenvalue weighted by Crippen LogP contribution is -2.42. The van der Waals surface area contributed by atoms with E-state index in [0.717, 1.165) is 17.2 Å². The molecule has 3 unspecified atom stereocenters. The third kappa shape index (κ3) is 3.82. The van der Waals surface area contributed by atoms with E-state index in [1.165, 1.54) is 25.7 Å². The summed E-state index contributed by atoms with van der Waals surface area (Å²) in [5, 5.41) is 4.67. The van der Waals surface area contributed by atoms with Gasteiger partial charge in [0.15, 0.2) is 0 Å². The van der Waals surface area contributed by atoms with E-state index in [1.54, 1.807) is 0 Å². The summed E-state index contributed by atoms with van der Waals surface area (Å²) in [7, 11) is 0. The van der Waals surface area contributed by atoms with Crippen LogP contribution in [0.2, 0.25) is 0 Å². The maximum absolute atomic E-state index is 3.77. The summed E-state index contributed by atoms with van der Waals surface area (Å²) in [4.78, 5) is 0. The van der Waals surface area contributed by atoms with Crippen LogP contribution in [0.1, 0.15) is 46.5 Å². The highest BCUT2D eigenvalue weighted by atomic mass is 32.2. The molecule has 0 spiro atoms. The lowest BCUT2D eigenvalue weighted by molar-refractivity contribution is 0.314. The van der Waals surface area contributed by atoms with Crippen LogP contribution >= 0.6 is 11.8 Å². The Morgan fingerprint density at radius 3 is 2.50 bits per heavy atom. The molecule has 1 saturated carbocycles. The minimum absolute atomic E-state index is 0.667. The van der Waals surface area contributed by atoms with Gasteiger partial charge in [-0.1, -0.05) is 20.3 Å². The van der Waals surface area contributed by atoms with Crippen molar-refractivity contribution in [2.24, 2.45) is 5.92 Å². The van der Waals surface area contributed by atoms with Gasteiger partial charge in [-0.05, 0) is 38.4 Å². The zero-order chi connectivity index (χ0) is 10.6. The Morgan fingerprint density at radius 2 is 1.93 bits per heavy atom. The number of rotatable bonds is 4. The van der Waals surface area contributed by atoms with Crippen LogP contribution in [0.3, 0.4) is 0 Å². The van der Waals surface area contributed by atoms with Crippen LogP contribution in [0.15, 0.2) is 0 Å². The van der Waals surface area contributed by atoms with Crippen molar-refractivity contribution in [3.63, 3.8) is 0 Å². The van der Waals surface area contributed by atoms with Gasteiger partial charge in [0, 0.05) is 17.3 Å². The van der Waals surface area contributed by atoms with Gasteiger partial charge in [0.05, 0.1) is 0 Å². The summed E-state index contributed by atoms with van der Waals surface area (Å²) >= 11 is 2.04. The van der Waals surface area contributed by atoms with Crippen LogP contribution in [0.4, 0.5) is 0 Å². The molecule has 1 nitrogen and oxygen atoms in total. The molecule has 0 amide bonds. The molecular weight excluding hydrogens is 190 g/mol. The van der Waals surface area contributed by atoms with Crippen LogP contribution in [0.5, 0.6) is 0 Å². The fraction of sp³-hybridized carbons (Fsp3) is 1.00. The number of thioether (sulfide) groups is 1. The molecule has 0 bridgehead atoms. The van der Waals surface area contributed by atoms with Gasteiger partial charge in [0.1, 0.15) is 0 Å². The van der Waals surface area contributed by atoms with E-state index >= 15 is 0 Å². The molecule has 2 heteroatoms. The molecule has 1 rings (SSSR count). The Balaban J connectivity index is 2.30. The average molecular weight is 215 g/mol. The average Bonchev–Trinajstić information content (AvgIpc) is 2.18. The quantitative estimate of drug-likeness (QED) is 0.772. The van der Waals surface area contributed by atoms with Gasteiger partial charge < -0.3 is 5.32 Å². The van der Waals surface area contributed by atoms with Crippen molar-refractivity contribution >= 4 is 11.8 Å². The predicted molar refractivity (Wildman–Crippen MR) is 67.0 cm³/mol. The zero-order valence-electron chi connectivity index (χ0n) is 10.0. The first-order chi connectivity index (χ1) is 6.63. The fourth-order valence-corrected chi connectivity index (χ4v) is 2.90. The second-order valence-electron chi connectivity index (χ2n) is 4.92. The predicted octanol–water partition coefficient (Wildman–Crippen LogP) is 3.29. The van der Waals surface area contributed by atoms with Gasteiger partial charge in [-0.3, -0.25) is 0 Å². The Hall–Kier alpha value is 0.310. The summed E-state index contributed by atoms with van der Waals surface area (Å²) in [6.45, 7) is 6.91. The smallest absolute Gasteiger partial charge is 0.00801 e. The molecule has 0 aromatic heterocycles. The van der Waals surface area contributed by atoms with E-state index in [0.29, 0.717) is 6.04 Å². The molecule has 0 saturated heterocycles. The van der Waals surface area contributed by atoms with Crippen molar-refractivity contribution in [3.8, 4) is 0 Å². The molecule has 0 radical (unpaired) electrons. The van der Waals surface area contributed by atoms with E-state index in [4.69, 9.17) is 0 Å². The van der Waals surface area contributed by atoms with E-state index in [1.807, 2.05) is 11.8 Å².